The minimum Gasteiger partial charge on any atom is -0.353 e. The zero-order chi connectivity index (χ0) is 14.1. The summed E-state index contributed by atoms with van der Waals surface area (Å²) in [4.78, 5) is 20.4. The first-order valence-corrected chi connectivity index (χ1v) is 8.27. The topological polar surface area (TPSA) is 57.3 Å². The Kier molecular flexibility index (Phi) is 3.94. The van der Waals surface area contributed by atoms with E-state index in [-0.39, 0.29) is 11.9 Å². The Morgan fingerprint density at radius 2 is 2.40 bits per heavy atom. The number of carbonyl (C=O) groups is 1. The van der Waals surface area contributed by atoms with Crippen molar-refractivity contribution in [3.8, 4) is 0 Å². The molecule has 1 aliphatic carbocycles. The zero-order valence-electron chi connectivity index (χ0n) is 12.1. The number of nitrogens with zero attached hydrogens (tertiary/aromatic N) is 2. The lowest BCUT2D eigenvalue weighted by Crippen LogP contribution is -2.55. The minimum atomic E-state index is -0.0654. The van der Waals surface area contributed by atoms with E-state index in [1.165, 1.54) is 23.4 Å². The fourth-order valence-electron chi connectivity index (χ4n) is 3.15. The summed E-state index contributed by atoms with van der Waals surface area (Å²) in [5, 5.41) is 7.36. The molecule has 1 fully saturated rings. The van der Waals surface area contributed by atoms with Crippen molar-refractivity contribution < 1.29 is 4.79 Å². The average Bonchev–Trinajstić information content (AvgIpc) is 2.90. The quantitative estimate of drug-likeness (QED) is 0.886. The van der Waals surface area contributed by atoms with Crippen LogP contribution in [0.2, 0.25) is 0 Å². The van der Waals surface area contributed by atoms with Crippen molar-refractivity contribution in [1.82, 2.24) is 15.6 Å². The van der Waals surface area contributed by atoms with Gasteiger partial charge in [0.05, 0.1) is 5.69 Å². The molecule has 0 saturated carbocycles. The molecule has 5 nitrogen and oxygen atoms in total. The maximum absolute atomic E-state index is 12.0. The standard InChI is InChI=1S/C14H22N4OS/c1-3-11-13(19)16-7-8-18(11)14-17-10-6-4-5-9(15-2)12(10)20-14/h9,11,15H,3-8H2,1-2H3,(H,16,19). The monoisotopic (exact) mass is 294 g/mol. The van der Waals surface area contributed by atoms with Gasteiger partial charge >= 0.3 is 0 Å². The Bertz CT molecular complexity index is 501. The summed E-state index contributed by atoms with van der Waals surface area (Å²) in [6.07, 6.45) is 4.27. The molecule has 20 heavy (non-hydrogen) atoms. The molecule has 0 bridgehead atoms. The first-order chi connectivity index (χ1) is 9.74. The van der Waals surface area contributed by atoms with E-state index in [4.69, 9.17) is 4.98 Å². The predicted octanol–water partition coefficient (Wildman–Crippen LogP) is 1.45. The lowest BCUT2D eigenvalue weighted by molar-refractivity contribution is -0.123. The highest BCUT2D eigenvalue weighted by molar-refractivity contribution is 7.15. The van der Waals surface area contributed by atoms with Crippen LogP contribution in [0.15, 0.2) is 0 Å². The smallest absolute Gasteiger partial charge is 0.242 e. The molecule has 2 N–H and O–H groups in total. The molecular weight excluding hydrogens is 272 g/mol. The average molecular weight is 294 g/mol. The van der Waals surface area contributed by atoms with Crippen LogP contribution in [-0.2, 0) is 11.2 Å². The Hall–Kier alpha value is -1.14. The van der Waals surface area contributed by atoms with Gasteiger partial charge in [-0.2, -0.15) is 0 Å². The molecular formula is C14H22N4OS. The number of aromatic nitrogens is 1. The van der Waals surface area contributed by atoms with E-state index < -0.39 is 0 Å². The Morgan fingerprint density at radius 1 is 1.55 bits per heavy atom. The van der Waals surface area contributed by atoms with Gasteiger partial charge in [0.1, 0.15) is 6.04 Å². The first kappa shape index (κ1) is 13.8. The number of piperazine rings is 1. The molecule has 1 saturated heterocycles. The highest BCUT2D eigenvalue weighted by atomic mass is 32.1. The summed E-state index contributed by atoms with van der Waals surface area (Å²) >= 11 is 1.77. The van der Waals surface area contributed by atoms with Crippen LogP contribution in [0, 0.1) is 0 Å². The second-order valence-corrected chi connectivity index (χ2v) is 6.46. The van der Waals surface area contributed by atoms with Crippen LogP contribution in [0.4, 0.5) is 5.13 Å². The van der Waals surface area contributed by atoms with Crippen molar-refractivity contribution in [3.05, 3.63) is 10.6 Å². The van der Waals surface area contributed by atoms with E-state index in [1.54, 1.807) is 11.3 Å². The van der Waals surface area contributed by atoms with Crippen molar-refractivity contribution in [2.45, 2.75) is 44.7 Å². The molecule has 2 atom stereocenters. The summed E-state index contributed by atoms with van der Waals surface area (Å²) in [5.74, 6) is 0.136. The van der Waals surface area contributed by atoms with Gasteiger partial charge in [0.15, 0.2) is 5.13 Å². The number of hydrogen-bond acceptors (Lipinski definition) is 5. The number of aryl methyl sites for hydroxylation is 1. The molecule has 1 aliphatic heterocycles. The summed E-state index contributed by atoms with van der Waals surface area (Å²) in [5.41, 5.74) is 1.23. The van der Waals surface area contributed by atoms with Crippen molar-refractivity contribution in [1.29, 1.82) is 0 Å². The molecule has 2 heterocycles. The number of amides is 1. The first-order valence-electron chi connectivity index (χ1n) is 7.45. The van der Waals surface area contributed by atoms with Crippen molar-refractivity contribution in [2.24, 2.45) is 0 Å². The van der Waals surface area contributed by atoms with E-state index in [0.717, 1.165) is 31.1 Å². The van der Waals surface area contributed by atoms with Gasteiger partial charge in [-0.1, -0.05) is 18.3 Å². The molecule has 0 aromatic carbocycles. The zero-order valence-corrected chi connectivity index (χ0v) is 12.9. The number of fused-ring (bicyclic) bond motifs is 1. The molecule has 1 aromatic rings. The van der Waals surface area contributed by atoms with Gasteiger partial charge in [0.2, 0.25) is 5.91 Å². The van der Waals surface area contributed by atoms with Gasteiger partial charge in [0.25, 0.3) is 0 Å². The van der Waals surface area contributed by atoms with E-state index in [1.807, 2.05) is 7.05 Å². The third-order valence-electron chi connectivity index (χ3n) is 4.25. The highest BCUT2D eigenvalue weighted by Gasteiger charge is 2.32. The molecule has 0 radical (unpaired) electrons. The van der Waals surface area contributed by atoms with Crippen LogP contribution >= 0.6 is 11.3 Å². The SMILES string of the molecule is CCC1C(=O)NCCN1c1nc2c(s1)C(NC)CCC2. The van der Waals surface area contributed by atoms with Gasteiger partial charge in [-0.3, -0.25) is 4.79 Å². The molecule has 6 heteroatoms. The van der Waals surface area contributed by atoms with E-state index >= 15 is 0 Å². The third-order valence-corrected chi connectivity index (χ3v) is 5.50. The summed E-state index contributed by atoms with van der Waals surface area (Å²) in [6, 6.07) is 0.369. The number of carbonyl (C=O) groups excluding carboxylic acids is 1. The van der Waals surface area contributed by atoms with E-state index in [0.29, 0.717) is 6.04 Å². The van der Waals surface area contributed by atoms with Crippen LogP contribution < -0.4 is 15.5 Å². The molecule has 1 aromatic heterocycles. The number of anilines is 1. The Morgan fingerprint density at radius 3 is 3.15 bits per heavy atom. The highest BCUT2D eigenvalue weighted by Crippen LogP contribution is 2.38. The molecule has 2 aliphatic rings. The lowest BCUT2D eigenvalue weighted by atomic mass is 9.98. The predicted molar refractivity (Wildman–Crippen MR) is 81.3 cm³/mol. The second kappa shape index (κ2) is 5.69. The minimum absolute atomic E-state index is 0.0654. The number of rotatable bonds is 3. The van der Waals surface area contributed by atoms with Crippen LogP contribution in [0.25, 0.3) is 0 Å². The second-order valence-electron chi connectivity index (χ2n) is 5.45. The lowest BCUT2D eigenvalue weighted by Gasteiger charge is -2.34. The van der Waals surface area contributed by atoms with Crippen molar-refractivity contribution in [2.75, 3.05) is 25.0 Å². The summed E-state index contributed by atoms with van der Waals surface area (Å²) < 4.78 is 0. The van der Waals surface area contributed by atoms with Crippen LogP contribution in [0.1, 0.15) is 42.8 Å². The van der Waals surface area contributed by atoms with Gasteiger partial charge in [-0.05, 0) is 32.7 Å². The van der Waals surface area contributed by atoms with Gasteiger partial charge in [-0.25, -0.2) is 4.98 Å². The summed E-state index contributed by atoms with van der Waals surface area (Å²) in [6.45, 7) is 3.64. The van der Waals surface area contributed by atoms with Gasteiger partial charge in [-0.15, -0.1) is 0 Å². The maximum atomic E-state index is 12.0. The number of nitrogens with one attached hydrogen (secondary N) is 2. The van der Waals surface area contributed by atoms with Crippen LogP contribution in [0.3, 0.4) is 0 Å². The normalized spacial score (nSPS) is 26.3. The van der Waals surface area contributed by atoms with Gasteiger partial charge in [0, 0.05) is 24.0 Å². The largest absolute Gasteiger partial charge is 0.353 e. The van der Waals surface area contributed by atoms with Crippen molar-refractivity contribution >= 4 is 22.4 Å². The fraction of sp³-hybridized carbons (Fsp3) is 0.714. The third kappa shape index (κ3) is 2.31. The van der Waals surface area contributed by atoms with Crippen LogP contribution in [0.5, 0.6) is 0 Å². The molecule has 3 rings (SSSR count). The molecule has 110 valence electrons. The molecule has 0 spiro atoms. The van der Waals surface area contributed by atoms with E-state index in [2.05, 4.69) is 22.5 Å². The fourth-order valence-corrected chi connectivity index (χ4v) is 4.49. The van der Waals surface area contributed by atoms with Gasteiger partial charge < -0.3 is 15.5 Å². The summed E-state index contributed by atoms with van der Waals surface area (Å²) in [7, 11) is 2.02. The van der Waals surface area contributed by atoms with Crippen LogP contribution in [-0.4, -0.2) is 37.1 Å². The van der Waals surface area contributed by atoms with Crippen molar-refractivity contribution in [3.63, 3.8) is 0 Å². The molecule has 1 amide bonds. The Labute approximate surface area is 123 Å². The molecule has 2 unspecified atom stereocenters. The van der Waals surface area contributed by atoms with E-state index in [9.17, 15) is 4.79 Å². The number of hydrogen-bond donors (Lipinski definition) is 2. The maximum Gasteiger partial charge on any atom is 0.242 e. The number of thiazole rings is 1. The Balaban J connectivity index is 1.90.